The van der Waals surface area contributed by atoms with Crippen molar-refractivity contribution in [3.8, 4) is 0 Å². The molecule has 0 heterocycles. The summed E-state index contributed by atoms with van der Waals surface area (Å²) in [4.78, 5) is 0. The normalized spacial score (nSPS) is 21.5. The van der Waals surface area contributed by atoms with Crippen LogP contribution < -0.4 is 5.32 Å². The van der Waals surface area contributed by atoms with Crippen molar-refractivity contribution in [2.24, 2.45) is 0 Å². The van der Waals surface area contributed by atoms with Gasteiger partial charge in [-0.15, -0.1) is 0 Å². The van der Waals surface area contributed by atoms with Crippen molar-refractivity contribution in [3.05, 3.63) is 69.2 Å². The lowest BCUT2D eigenvalue weighted by molar-refractivity contribution is 0.289. The van der Waals surface area contributed by atoms with Crippen LogP contribution in [0.3, 0.4) is 0 Å². The van der Waals surface area contributed by atoms with Crippen molar-refractivity contribution in [2.75, 3.05) is 0 Å². The molecule has 3 heteroatoms. The summed E-state index contributed by atoms with van der Waals surface area (Å²) in [5.74, 6) is 0.658. The minimum atomic E-state index is 0.617. The van der Waals surface area contributed by atoms with Crippen LogP contribution in [0, 0.1) is 0 Å². The number of hydrogen-bond acceptors (Lipinski definition) is 1. The number of nitrogens with one attached hydrogen (secondary N) is 1. The zero-order valence-electron chi connectivity index (χ0n) is 11.2. The third-order valence-corrected chi connectivity index (χ3v) is 5.01. The zero-order valence-corrected chi connectivity index (χ0v) is 13.5. The molecular weight excluding hydrogens is 334 g/mol. The second-order valence-corrected chi connectivity index (χ2v) is 6.68. The van der Waals surface area contributed by atoms with E-state index in [4.69, 9.17) is 11.6 Å². The zero-order chi connectivity index (χ0) is 13.9. The summed E-state index contributed by atoms with van der Waals surface area (Å²) in [5.41, 5.74) is 2.69. The molecule has 20 heavy (non-hydrogen) atoms. The van der Waals surface area contributed by atoms with Gasteiger partial charge in [-0.2, -0.15) is 0 Å². The third kappa shape index (κ3) is 3.25. The lowest BCUT2D eigenvalue weighted by atomic mass is 9.76. The quantitative estimate of drug-likeness (QED) is 0.805. The average Bonchev–Trinajstić information content (AvgIpc) is 2.39. The highest BCUT2D eigenvalue weighted by atomic mass is 79.9. The van der Waals surface area contributed by atoms with E-state index < -0.39 is 0 Å². The van der Waals surface area contributed by atoms with Gasteiger partial charge in [0.15, 0.2) is 0 Å². The maximum absolute atomic E-state index is 6.04. The molecule has 1 aliphatic rings. The fourth-order valence-corrected chi connectivity index (χ4v) is 3.34. The molecular formula is C17H17BrClN. The Balaban J connectivity index is 1.50. The molecule has 1 N–H and O–H groups in total. The van der Waals surface area contributed by atoms with Crippen molar-refractivity contribution in [1.29, 1.82) is 0 Å². The van der Waals surface area contributed by atoms with Crippen molar-refractivity contribution in [1.82, 2.24) is 5.32 Å². The average molecular weight is 351 g/mol. The lowest BCUT2D eigenvalue weighted by Crippen LogP contribution is -2.39. The Bertz CT molecular complexity index is 593. The van der Waals surface area contributed by atoms with E-state index in [2.05, 4.69) is 51.6 Å². The van der Waals surface area contributed by atoms with Crippen LogP contribution in [0.15, 0.2) is 53.0 Å². The first-order valence-electron chi connectivity index (χ1n) is 6.94. The molecule has 1 aliphatic carbocycles. The summed E-state index contributed by atoms with van der Waals surface area (Å²) in [6, 6.07) is 17.2. The van der Waals surface area contributed by atoms with Gasteiger partial charge in [0, 0.05) is 22.1 Å². The molecule has 0 atom stereocenters. The molecule has 0 aromatic heterocycles. The maximum atomic E-state index is 6.04. The van der Waals surface area contributed by atoms with Gasteiger partial charge >= 0.3 is 0 Å². The lowest BCUT2D eigenvalue weighted by Gasteiger charge is -2.36. The molecule has 1 saturated carbocycles. The molecule has 0 unspecified atom stereocenters. The van der Waals surface area contributed by atoms with Crippen LogP contribution in [0.25, 0.3) is 0 Å². The molecule has 2 aromatic carbocycles. The highest BCUT2D eigenvalue weighted by Crippen LogP contribution is 2.37. The summed E-state index contributed by atoms with van der Waals surface area (Å²) in [5, 5.41) is 4.47. The maximum Gasteiger partial charge on any atom is 0.0408 e. The Morgan fingerprint density at radius 1 is 1.10 bits per heavy atom. The summed E-state index contributed by atoms with van der Waals surface area (Å²) in [6.07, 6.45) is 2.40. The van der Waals surface area contributed by atoms with Crippen LogP contribution >= 0.6 is 27.5 Å². The first-order chi connectivity index (χ1) is 9.72. The van der Waals surface area contributed by atoms with Crippen molar-refractivity contribution in [3.63, 3.8) is 0 Å². The summed E-state index contributed by atoms with van der Waals surface area (Å²) >= 11 is 9.63. The van der Waals surface area contributed by atoms with Crippen LogP contribution in [0.4, 0.5) is 0 Å². The fraction of sp³-hybridized carbons (Fsp3) is 0.294. The van der Waals surface area contributed by atoms with Crippen LogP contribution in [0.2, 0.25) is 5.02 Å². The topological polar surface area (TPSA) is 12.0 Å². The smallest absolute Gasteiger partial charge is 0.0408 e. The standard InChI is InChI=1S/C17H17BrClN/c18-17-7-2-1-4-13(17)11-20-16-9-14(10-16)12-5-3-6-15(19)8-12/h1-8,14,16,20H,9-11H2. The first kappa shape index (κ1) is 14.1. The van der Waals surface area contributed by atoms with E-state index in [1.807, 2.05) is 18.2 Å². The molecule has 2 aromatic rings. The molecule has 1 nitrogen and oxygen atoms in total. The van der Waals surface area contributed by atoms with Gasteiger partial charge in [-0.1, -0.05) is 57.9 Å². The van der Waals surface area contributed by atoms with Gasteiger partial charge in [-0.25, -0.2) is 0 Å². The molecule has 104 valence electrons. The van der Waals surface area contributed by atoms with Gasteiger partial charge in [0.1, 0.15) is 0 Å². The van der Waals surface area contributed by atoms with Crippen molar-refractivity contribution >= 4 is 27.5 Å². The van der Waals surface area contributed by atoms with Crippen LogP contribution in [-0.4, -0.2) is 6.04 Å². The minimum Gasteiger partial charge on any atom is -0.310 e. The highest BCUT2D eigenvalue weighted by Gasteiger charge is 2.29. The summed E-state index contributed by atoms with van der Waals surface area (Å²) in [7, 11) is 0. The van der Waals surface area contributed by atoms with Gasteiger partial charge < -0.3 is 5.32 Å². The van der Waals surface area contributed by atoms with E-state index in [1.54, 1.807) is 0 Å². The van der Waals surface area contributed by atoms with Crippen LogP contribution in [0.5, 0.6) is 0 Å². The Hall–Kier alpha value is -0.830. The second-order valence-electron chi connectivity index (χ2n) is 5.39. The largest absolute Gasteiger partial charge is 0.310 e. The molecule has 0 bridgehead atoms. The predicted octanol–water partition coefficient (Wildman–Crippen LogP) is 5.14. The van der Waals surface area contributed by atoms with Gasteiger partial charge in [0.2, 0.25) is 0 Å². The number of benzene rings is 2. The fourth-order valence-electron chi connectivity index (χ4n) is 2.71. The molecule has 0 radical (unpaired) electrons. The van der Waals surface area contributed by atoms with E-state index in [9.17, 15) is 0 Å². The molecule has 0 spiro atoms. The van der Waals surface area contributed by atoms with E-state index in [0.717, 1.165) is 11.6 Å². The molecule has 0 aliphatic heterocycles. The molecule has 3 rings (SSSR count). The Labute approximate surface area is 133 Å². The van der Waals surface area contributed by atoms with Crippen molar-refractivity contribution < 1.29 is 0 Å². The van der Waals surface area contributed by atoms with Crippen molar-refractivity contribution in [2.45, 2.75) is 31.3 Å². The summed E-state index contributed by atoms with van der Waals surface area (Å²) in [6.45, 7) is 0.925. The molecule has 0 saturated heterocycles. The van der Waals surface area contributed by atoms with E-state index >= 15 is 0 Å². The van der Waals surface area contributed by atoms with Gasteiger partial charge in [0.25, 0.3) is 0 Å². The van der Waals surface area contributed by atoms with Gasteiger partial charge in [-0.05, 0) is 48.1 Å². The number of halogens is 2. The highest BCUT2D eigenvalue weighted by molar-refractivity contribution is 9.10. The Morgan fingerprint density at radius 2 is 1.90 bits per heavy atom. The Morgan fingerprint density at radius 3 is 2.65 bits per heavy atom. The van der Waals surface area contributed by atoms with Crippen LogP contribution in [0.1, 0.15) is 29.9 Å². The molecule has 1 fully saturated rings. The third-order valence-electron chi connectivity index (χ3n) is 4.00. The second kappa shape index (κ2) is 6.30. The predicted molar refractivity (Wildman–Crippen MR) is 88.2 cm³/mol. The van der Waals surface area contributed by atoms with Gasteiger partial charge in [0.05, 0.1) is 0 Å². The number of hydrogen-bond donors (Lipinski definition) is 1. The number of rotatable bonds is 4. The molecule has 0 amide bonds. The van der Waals surface area contributed by atoms with Gasteiger partial charge in [-0.3, -0.25) is 0 Å². The van der Waals surface area contributed by atoms with E-state index in [1.165, 1.54) is 28.4 Å². The monoisotopic (exact) mass is 349 g/mol. The van der Waals surface area contributed by atoms with E-state index in [-0.39, 0.29) is 0 Å². The Kier molecular flexibility index (Phi) is 4.45. The first-order valence-corrected chi connectivity index (χ1v) is 8.12. The van der Waals surface area contributed by atoms with Crippen LogP contribution in [-0.2, 0) is 6.54 Å². The summed E-state index contributed by atoms with van der Waals surface area (Å²) < 4.78 is 1.18. The minimum absolute atomic E-state index is 0.617. The SMILES string of the molecule is Clc1cccc(C2CC(NCc3ccccc3Br)C2)c1. The van der Waals surface area contributed by atoms with E-state index in [0.29, 0.717) is 12.0 Å².